The number of amides is 2. The van der Waals surface area contributed by atoms with Crippen LogP contribution in [0, 0.1) is 5.82 Å². The third-order valence-electron chi connectivity index (χ3n) is 6.05. The number of hydrogen-bond acceptors (Lipinski definition) is 6. The van der Waals surface area contributed by atoms with E-state index in [0.29, 0.717) is 55.4 Å². The molecule has 2 heterocycles. The molecule has 1 saturated heterocycles. The molecule has 2 aliphatic rings. The molecule has 0 radical (unpaired) electrons. The van der Waals surface area contributed by atoms with Gasteiger partial charge in [0.05, 0.1) is 31.0 Å². The molecule has 180 valence electrons. The van der Waals surface area contributed by atoms with E-state index < -0.39 is 12.0 Å². The molecule has 0 aliphatic carbocycles. The minimum absolute atomic E-state index is 0.222. The third-order valence-corrected chi connectivity index (χ3v) is 6.05. The average molecular weight is 469 g/mol. The number of nitrogens with zero attached hydrogens (tertiary/aromatic N) is 2. The second kappa shape index (κ2) is 10.6. The Kier molecular flexibility index (Phi) is 7.32. The number of methoxy groups -OCH3 is 1. The van der Waals surface area contributed by atoms with Crippen LogP contribution in [-0.4, -0.2) is 63.3 Å². The largest absolute Gasteiger partial charge is 0.497 e. The predicted molar refractivity (Wildman–Crippen MR) is 126 cm³/mol. The predicted octanol–water partition coefficient (Wildman–Crippen LogP) is 2.83. The van der Waals surface area contributed by atoms with Crippen LogP contribution >= 0.6 is 0 Å². The number of halogens is 1. The van der Waals surface area contributed by atoms with Crippen LogP contribution in [0.2, 0.25) is 0 Å². The number of piperazine rings is 1. The number of para-hydroxylation sites is 1. The number of carbonyl (C=O) groups excluding carboxylic acids is 2. The lowest BCUT2D eigenvalue weighted by molar-refractivity contribution is -0.139. The Bertz CT molecular complexity index is 1060. The number of esters is 1. The highest BCUT2D eigenvalue weighted by Crippen LogP contribution is 2.30. The molecule has 0 aromatic heterocycles. The van der Waals surface area contributed by atoms with Gasteiger partial charge in [0.15, 0.2) is 0 Å². The second-order valence-corrected chi connectivity index (χ2v) is 8.13. The van der Waals surface area contributed by atoms with E-state index >= 15 is 0 Å². The van der Waals surface area contributed by atoms with Crippen molar-refractivity contribution in [2.24, 2.45) is 0 Å². The van der Waals surface area contributed by atoms with E-state index in [1.54, 1.807) is 38.3 Å². The zero-order valence-electron chi connectivity index (χ0n) is 19.3. The molecule has 1 fully saturated rings. The molecule has 0 saturated carbocycles. The molecule has 2 aliphatic heterocycles. The Hall–Kier alpha value is -3.59. The van der Waals surface area contributed by atoms with E-state index in [1.807, 2.05) is 23.1 Å². The number of urea groups is 1. The van der Waals surface area contributed by atoms with Crippen LogP contribution in [0.1, 0.15) is 18.5 Å². The monoisotopic (exact) mass is 468 g/mol. The van der Waals surface area contributed by atoms with Gasteiger partial charge in [0, 0.05) is 38.4 Å². The fraction of sp³-hybridized carbons (Fsp3) is 0.360. The first kappa shape index (κ1) is 23.6. The molecule has 2 aromatic carbocycles. The van der Waals surface area contributed by atoms with Gasteiger partial charge >= 0.3 is 12.0 Å². The Morgan fingerprint density at radius 3 is 2.44 bits per heavy atom. The molecule has 8 nitrogen and oxygen atoms in total. The first-order valence-corrected chi connectivity index (χ1v) is 11.3. The van der Waals surface area contributed by atoms with Crippen LogP contribution in [-0.2, 0) is 9.53 Å². The topological polar surface area (TPSA) is 83.1 Å². The van der Waals surface area contributed by atoms with Gasteiger partial charge in [-0.05, 0) is 36.8 Å². The molecule has 2 aromatic rings. The standard InChI is InChI=1S/C25H29FN4O4/c1-3-34-24(31)22-20(27-25(32)28-23(22)17-8-10-18(33-2)11-9-17)16-29-12-14-30(15-13-29)21-7-5-4-6-19(21)26/h4-11,23H,3,12-16H2,1-2H3,(H2,27,28,32)/t23-/m0/s1. The Balaban J connectivity index is 1.56. The molecule has 0 spiro atoms. The molecule has 2 amide bonds. The fourth-order valence-corrected chi connectivity index (χ4v) is 4.32. The van der Waals surface area contributed by atoms with Crippen LogP contribution in [0.15, 0.2) is 59.8 Å². The van der Waals surface area contributed by atoms with Crippen molar-refractivity contribution in [3.63, 3.8) is 0 Å². The smallest absolute Gasteiger partial charge is 0.338 e. The molecular weight excluding hydrogens is 439 g/mol. The van der Waals surface area contributed by atoms with Gasteiger partial charge in [-0.15, -0.1) is 0 Å². The van der Waals surface area contributed by atoms with E-state index in [-0.39, 0.29) is 18.5 Å². The molecule has 1 atom stereocenters. The van der Waals surface area contributed by atoms with E-state index in [0.717, 1.165) is 5.56 Å². The van der Waals surface area contributed by atoms with Gasteiger partial charge in [-0.3, -0.25) is 4.90 Å². The Labute approximate surface area is 198 Å². The quantitative estimate of drug-likeness (QED) is 0.608. The van der Waals surface area contributed by atoms with E-state index in [2.05, 4.69) is 15.5 Å². The maximum Gasteiger partial charge on any atom is 0.338 e. The lowest BCUT2D eigenvalue weighted by Gasteiger charge is -2.38. The van der Waals surface area contributed by atoms with Crippen molar-refractivity contribution in [2.45, 2.75) is 13.0 Å². The van der Waals surface area contributed by atoms with Crippen LogP contribution in [0.4, 0.5) is 14.9 Å². The summed E-state index contributed by atoms with van der Waals surface area (Å²) in [6.45, 7) is 4.93. The van der Waals surface area contributed by atoms with Crippen molar-refractivity contribution in [3.05, 3.63) is 71.2 Å². The molecule has 0 bridgehead atoms. The lowest BCUT2D eigenvalue weighted by atomic mass is 9.94. The summed E-state index contributed by atoms with van der Waals surface area (Å²) < 4.78 is 24.7. The van der Waals surface area contributed by atoms with Gasteiger partial charge in [0.25, 0.3) is 0 Å². The second-order valence-electron chi connectivity index (χ2n) is 8.13. The van der Waals surface area contributed by atoms with Gasteiger partial charge < -0.3 is 25.0 Å². The maximum atomic E-state index is 14.2. The summed E-state index contributed by atoms with van der Waals surface area (Å²) in [5, 5.41) is 5.66. The summed E-state index contributed by atoms with van der Waals surface area (Å²) in [5.74, 6) is -0.0364. The fourth-order valence-electron chi connectivity index (χ4n) is 4.32. The number of carbonyl (C=O) groups is 2. The lowest BCUT2D eigenvalue weighted by Crippen LogP contribution is -2.52. The number of benzene rings is 2. The summed E-state index contributed by atoms with van der Waals surface area (Å²) in [7, 11) is 1.58. The van der Waals surface area contributed by atoms with Crippen molar-refractivity contribution in [2.75, 3.05) is 51.3 Å². The minimum Gasteiger partial charge on any atom is -0.497 e. The van der Waals surface area contributed by atoms with Crippen LogP contribution < -0.4 is 20.3 Å². The molecule has 4 rings (SSSR count). The molecule has 9 heteroatoms. The summed E-state index contributed by atoms with van der Waals surface area (Å²) in [4.78, 5) is 29.6. The average Bonchev–Trinajstić information content (AvgIpc) is 2.85. The first-order valence-electron chi connectivity index (χ1n) is 11.3. The first-order chi connectivity index (χ1) is 16.5. The summed E-state index contributed by atoms with van der Waals surface area (Å²) in [6, 6.07) is 12.9. The van der Waals surface area contributed by atoms with Gasteiger partial charge in [-0.25, -0.2) is 14.0 Å². The van der Waals surface area contributed by atoms with Crippen LogP contribution in [0.5, 0.6) is 5.75 Å². The van der Waals surface area contributed by atoms with Gasteiger partial charge in [0.1, 0.15) is 11.6 Å². The highest BCUT2D eigenvalue weighted by atomic mass is 19.1. The maximum absolute atomic E-state index is 14.2. The minimum atomic E-state index is -0.645. The Morgan fingerprint density at radius 1 is 1.09 bits per heavy atom. The van der Waals surface area contributed by atoms with Crippen molar-refractivity contribution in [1.82, 2.24) is 15.5 Å². The Morgan fingerprint density at radius 2 is 1.79 bits per heavy atom. The van der Waals surface area contributed by atoms with E-state index in [4.69, 9.17) is 9.47 Å². The number of nitrogens with one attached hydrogen (secondary N) is 2. The zero-order chi connectivity index (χ0) is 24.1. The number of anilines is 1. The molecule has 34 heavy (non-hydrogen) atoms. The van der Waals surface area contributed by atoms with Crippen molar-refractivity contribution in [3.8, 4) is 5.75 Å². The molecular formula is C25H29FN4O4. The van der Waals surface area contributed by atoms with Crippen molar-refractivity contribution >= 4 is 17.7 Å². The molecule has 2 N–H and O–H groups in total. The third kappa shape index (κ3) is 5.14. The van der Waals surface area contributed by atoms with Gasteiger partial charge in [-0.2, -0.15) is 0 Å². The SMILES string of the molecule is CCOC(=O)C1=C(CN2CCN(c3ccccc3F)CC2)NC(=O)N[C@H]1c1ccc(OC)cc1. The highest BCUT2D eigenvalue weighted by Gasteiger charge is 2.34. The van der Waals surface area contributed by atoms with Crippen molar-refractivity contribution in [1.29, 1.82) is 0 Å². The highest BCUT2D eigenvalue weighted by molar-refractivity contribution is 5.95. The molecule has 0 unspecified atom stereocenters. The summed E-state index contributed by atoms with van der Waals surface area (Å²) >= 11 is 0. The van der Waals surface area contributed by atoms with Crippen LogP contribution in [0.25, 0.3) is 0 Å². The van der Waals surface area contributed by atoms with E-state index in [1.165, 1.54) is 6.07 Å². The van der Waals surface area contributed by atoms with Gasteiger partial charge in [0.2, 0.25) is 0 Å². The zero-order valence-corrected chi connectivity index (χ0v) is 19.3. The van der Waals surface area contributed by atoms with Crippen LogP contribution in [0.3, 0.4) is 0 Å². The summed E-state index contributed by atoms with van der Waals surface area (Å²) in [5.41, 5.74) is 2.23. The number of ether oxygens (including phenoxy) is 2. The summed E-state index contributed by atoms with van der Waals surface area (Å²) in [6.07, 6.45) is 0. The van der Waals surface area contributed by atoms with Crippen molar-refractivity contribution < 1.29 is 23.5 Å². The normalized spacial score (nSPS) is 18.9. The number of rotatable bonds is 7. The van der Waals surface area contributed by atoms with E-state index in [9.17, 15) is 14.0 Å². The number of hydrogen-bond donors (Lipinski definition) is 2. The van der Waals surface area contributed by atoms with Gasteiger partial charge in [-0.1, -0.05) is 24.3 Å².